The van der Waals surface area contributed by atoms with E-state index >= 15 is 0 Å². The van der Waals surface area contributed by atoms with Crippen molar-refractivity contribution in [3.8, 4) is 11.5 Å². The summed E-state index contributed by atoms with van der Waals surface area (Å²) in [5.41, 5.74) is 2.34. The SMILES string of the molecule is CN=C(NCc1ccc(COC)cc1)NCC(C)Oc1ccccc1OC. The van der Waals surface area contributed by atoms with Crippen molar-refractivity contribution in [1.29, 1.82) is 0 Å². The number of guanidine groups is 1. The van der Waals surface area contributed by atoms with Gasteiger partial charge in [0.15, 0.2) is 17.5 Å². The number of methoxy groups -OCH3 is 2. The van der Waals surface area contributed by atoms with E-state index in [-0.39, 0.29) is 6.10 Å². The van der Waals surface area contributed by atoms with Crippen LogP contribution in [0, 0.1) is 0 Å². The first-order valence-electron chi connectivity index (χ1n) is 8.97. The average molecular weight is 371 g/mol. The second-order valence-electron chi connectivity index (χ2n) is 6.14. The van der Waals surface area contributed by atoms with E-state index in [4.69, 9.17) is 14.2 Å². The predicted molar refractivity (Wildman–Crippen MR) is 108 cm³/mol. The monoisotopic (exact) mass is 371 g/mol. The van der Waals surface area contributed by atoms with Crippen LogP contribution in [0.15, 0.2) is 53.5 Å². The molecule has 2 aromatic carbocycles. The molecule has 146 valence electrons. The van der Waals surface area contributed by atoms with Crippen molar-refractivity contribution >= 4 is 5.96 Å². The number of hydrogen-bond acceptors (Lipinski definition) is 4. The van der Waals surface area contributed by atoms with Gasteiger partial charge in [-0.2, -0.15) is 0 Å². The zero-order chi connectivity index (χ0) is 19.5. The normalized spacial score (nSPS) is 12.4. The smallest absolute Gasteiger partial charge is 0.191 e. The Bertz CT molecular complexity index is 717. The van der Waals surface area contributed by atoms with Crippen LogP contribution in [0.5, 0.6) is 11.5 Å². The van der Waals surface area contributed by atoms with Gasteiger partial charge in [-0.1, -0.05) is 36.4 Å². The van der Waals surface area contributed by atoms with Gasteiger partial charge in [-0.15, -0.1) is 0 Å². The summed E-state index contributed by atoms with van der Waals surface area (Å²) in [7, 11) is 5.09. The second-order valence-corrected chi connectivity index (χ2v) is 6.14. The van der Waals surface area contributed by atoms with Crippen molar-refractivity contribution in [2.75, 3.05) is 27.8 Å². The lowest BCUT2D eigenvalue weighted by Crippen LogP contribution is -2.41. The maximum absolute atomic E-state index is 5.95. The third-order valence-electron chi connectivity index (χ3n) is 3.97. The Kier molecular flexibility index (Phi) is 8.45. The van der Waals surface area contributed by atoms with E-state index < -0.39 is 0 Å². The highest BCUT2D eigenvalue weighted by molar-refractivity contribution is 5.79. The van der Waals surface area contributed by atoms with Crippen LogP contribution in [-0.4, -0.2) is 39.9 Å². The Morgan fingerprint density at radius 3 is 2.26 bits per heavy atom. The molecule has 2 rings (SSSR count). The van der Waals surface area contributed by atoms with Gasteiger partial charge in [0.25, 0.3) is 0 Å². The molecule has 0 aromatic heterocycles. The van der Waals surface area contributed by atoms with Gasteiger partial charge in [-0.3, -0.25) is 4.99 Å². The minimum Gasteiger partial charge on any atom is -0.493 e. The summed E-state index contributed by atoms with van der Waals surface area (Å²) in [4.78, 5) is 4.26. The number of rotatable bonds is 9. The number of para-hydroxylation sites is 2. The summed E-state index contributed by atoms with van der Waals surface area (Å²) in [6.45, 7) is 3.93. The summed E-state index contributed by atoms with van der Waals surface area (Å²) in [6.07, 6.45) is -0.0480. The molecule has 0 aliphatic rings. The highest BCUT2D eigenvalue weighted by atomic mass is 16.5. The zero-order valence-corrected chi connectivity index (χ0v) is 16.5. The molecule has 0 spiro atoms. The topological polar surface area (TPSA) is 64.1 Å². The first-order valence-corrected chi connectivity index (χ1v) is 8.97. The molecule has 0 radical (unpaired) electrons. The summed E-state index contributed by atoms with van der Waals surface area (Å²) in [6, 6.07) is 15.9. The van der Waals surface area contributed by atoms with Gasteiger partial charge in [-0.25, -0.2) is 0 Å². The molecule has 0 aliphatic heterocycles. The standard InChI is InChI=1S/C21H29N3O3/c1-16(27-20-8-6-5-7-19(20)26-4)13-23-21(22-2)24-14-17-9-11-18(12-10-17)15-25-3/h5-12,16H,13-15H2,1-4H3,(H2,22,23,24). The lowest BCUT2D eigenvalue weighted by molar-refractivity contribution is 0.185. The maximum Gasteiger partial charge on any atom is 0.191 e. The molecule has 6 heteroatoms. The summed E-state index contributed by atoms with van der Waals surface area (Å²) in [5, 5.41) is 6.59. The van der Waals surface area contributed by atoms with Crippen LogP contribution >= 0.6 is 0 Å². The molecular weight excluding hydrogens is 342 g/mol. The molecule has 1 atom stereocenters. The molecule has 0 fully saturated rings. The minimum atomic E-state index is -0.0480. The third kappa shape index (κ3) is 6.83. The second kappa shape index (κ2) is 11.1. The fraction of sp³-hybridized carbons (Fsp3) is 0.381. The predicted octanol–water partition coefficient (Wildman–Crippen LogP) is 2.97. The van der Waals surface area contributed by atoms with Crippen LogP contribution in [0.3, 0.4) is 0 Å². The van der Waals surface area contributed by atoms with Crippen LogP contribution < -0.4 is 20.1 Å². The van der Waals surface area contributed by atoms with Crippen LogP contribution in [0.25, 0.3) is 0 Å². The van der Waals surface area contributed by atoms with E-state index in [1.54, 1.807) is 21.3 Å². The van der Waals surface area contributed by atoms with Crippen LogP contribution in [0.2, 0.25) is 0 Å². The van der Waals surface area contributed by atoms with Gasteiger partial charge in [0.2, 0.25) is 0 Å². The number of nitrogens with zero attached hydrogens (tertiary/aromatic N) is 1. The molecule has 6 nitrogen and oxygen atoms in total. The molecule has 0 saturated carbocycles. The molecule has 0 aliphatic carbocycles. The molecular formula is C21H29N3O3. The molecule has 1 unspecified atom stereocenters. The maximum atomic E-state index is 5.95. The van der Waals surface area contributed by atoms with E-state index in [0.717, 1.165) is 23.0 Å². The summed E-state index contributed by atoms with van der Waals surface area (Å²) >= 11 is 0. The largest absolute Gasteiger partial charge is 0.493 e. The summed E-state index contributed by atoms with van der Waals surface area (Å²) < 4.78 is 16.4. The first-order chi connectivity index (χ1) is 13.2. The number of nitrogens with one attached hydrogen (secondary N) is 2. The Hall–Kier alpha value is -2.73. The molecule has 0 heterocycles. The van der Waals surface area contributed by atoms with E-state index in [1.807, 2.05) is 31.2 Å². The Morgan fingerprint density at radius 1 is 0.963 bits per heavy atom. The van der Waals surface area contributed by atoms with E-state index in [9.17, 15) is 0 Å². The molecule has 2 aromatic rings. The fourth-order valence-corrected chi connectivity index (χ4v) is 2.54. The number of hydrogen-bond donors (Lipinski definition) is 2. The number of ether oxygens (including phenoxy) is 3. The molecule has 27 heavy (non-hydrogen) atoms. The van der Waals surface area contributed by atoms with Crippen molar-refractivity contribution in [1.82, 2.24) is 10.6 Å². The van der Waals surface area contributed by atoms with Gasteiger partial charge in [0.05, 0.1) is 20.3 Å². The van der Waals surface area contributed by atoms with Crippen LogP contribution in [0.1, 0.15) is 18.1 Å². The highest BCUT2D eigenvalue weighted by Gasteiger charge is 2.09. The van der Waals surface area contributed by atoms with Crippen molar-refractivity contribution < 1.29 is 14.2 Å². The van der Waals surface area contributed by atoms with Gasteiger partial charge >= 0.3 is 0 Å². The molecule has 0 bridgehead atoms. The van der Waals surface area contributed by atoms with Crippen LogP contribution in [0.4, 0.5) is 0 Å². The highest BCUT2D eigenvalue weighted by Crippen LogP contribution is 2.26. The lowest BCUT2D eigenvalue weighted by Gasteiger charge is -2.19. The average Bonchev–Trinajstić information content (AvgIpc) is 2.70. The molecule has 0 saturated heterocycles. The van der Waals surface area contributed by atoms with Crippen molar-refractivity contribution in [3.05, 3.63) is 59.7 Å². The van der Waals surface area contributed by atoms with Crippen molar-refractivity contribution in [2.45, 2.75) is 26.2 Å². The van der Waals surface area contributed by atoms with E-state index in [2.05, 4.69) is 39.9 Å². The van der Waals surface area contributed by atoms with Gasteiger partial charge < -0.3 is 24.8 Å². The molecule has 0 amide bonds. The third-order valence-corrected chi connectivity index (χ3v) is 3.97. The minimum absolute atomic E-state index is 0.0480. The lowest BCUT2D eigenvalue weighted by atomic mass is 10.1. The Morgan fingerprint density at radius 2 is 1.63 bits per heavy atom. The van der Waals surface area contributed by atoms with Gasteiger partial charge in [0.1, 0.15) is 6.10 Å². The van der Waals surface area contributed by atoms with Gasteiger partial charge in [0, 0.05) is 20.7 Å². The zero-order valence-electron chi connectivity index (χ0n) is 16.5. The number of benzene rings is 2. The van der Waals surface area contributed by atoms with E-state index in [1.165, 1.54) is 5.56 Å². The molecule has 2 N–H and O–H groups in total. The van der Waals surface area contributed by atoms with Gasteiger partial charge in [-0.05, 0) is 30.2 Å². The van der Waals surface area contributed by atoms with Crippen molar-refractivity contribution in [2.24, 2.45) is 4.99 Å². The van der Waals surface area contributed by atoms with E-state index in [0.29, 0.717) is 19.7 Å². The van der Waals surface area contributed by atoms with Crippen molar-refractivity contribution in [3.63, 3.8) is 0 Å². The summed E-state index contributed by atoms with van der Waals surface area (Å²) in [5.74, 6) is 2.18. The Balaban J connectivity index is 1.79. The first kappa shape index (κ1) is 20.6. The Labute approximate surface area is 161 Å². The number of aliphatic imine (C=N–C) groups is 1. The fourth-order valence-electron chi connectivity index (χ4n) is 2.54. The quantitative estimate of drug-likeness (QED) is 0.524. The van der Waals surface area contributed by atoms with Crippen LogP contribution in [-0.2, 0) is 17.9 Å².